The highest BCUT2D eigenvalue weighted by atomic mass is 16.5. The maximum Gasteiger partial charge on any atom is 0.331 e. The van der Waals surface area contributed by atoms with Crippen LogP contribution in [0.15, 0.2) is 54.6 Å². The number of carbonyl (C=O) groups excluding carboxylic acids is 2. The minimum Gasteiger partial charge on any atom is -0.449 e. The van der Waals surface area contributed by atoms with Crippen LogP contribution in [0.2, 0.25) is 0 Å². The number of ether oxygens (including phenoxy) is 1. The van der Waals surface area contributed by atoms with Gasteiger partial charge < -0.3 is 10.1 Å². The molecular weight excluding hydrogens is 326 g/mol. The van der Waals surface area contributed by atoms with E-state index in [1.54, 1.807) is 13.0 Å². The van der Waals surface area contributed by atoms with Crippen molar-refractivity contribution in [2.24, 2.45) is 0 Å². The summed E-state index contributed by atoms with van der Waals surface area (Å²) in [6.45, 7) is 7.78. The van der Waals surface area contributed by atoms with Crippen molar-refractivity contribution in [3.05, 3.63) is 71.3 Å². The number of carbonyl (C=O) groups is 2. The zero-order valence-electron chi connectivity index (χ0n) is 15.7. The number of hydrogen-bond acceptors (Lipinski definition) is 3. The summed E-state index contributed by atoms with van der Waals surface area (Å²) in [4.78, 5) is 24.0. The fourth-order valence-electron chi connectivity index (χ4n) is 2.30. The molecule has 4 heteroatoms. The average molecular weight is 351 g/mol. The number of benzene rings is 2. The average Bonchev–Trinajstić information content (AvgIpc) is 2.62. The van der Waals surface area contributed by atoms with Crippen LogP contribution in [0.3, 0.4) is 0 Å². The lowest BCUT2D eigenvalue weighted by Crippen LogP contribution is -2.29. The molecule has 0 aliphatic rings. The van der Waals surface area contributed by atoms with Gasteiger partial charge >= 0.3 is 5.97 Å². The van der Waals surface area contributed by atoms with Crippen molar-refractivity contribution in [3.8, 4) is 0 Å². The van der Waals surface area contributed by atoms with Crippen LogP contribution in [-0.2, 0) is 14.3 Å². The zero-order chi connectivity index (χ0) is 19.1. The van der Waals surface area contributed by atoms with E-state index in [-0.39, 0.29) is 5.91 Å². The Morgan fingerprint density at radius 3 is 2.15 bits per heavy atom. The minimum absolute atomic E-state index is 0.364. The molecule has 0 bridgehead atoms. The Morgan fingerprint density at radius 2 is 1.58 bits per heavy atom. The molecule has 0 aliphatic heterocycles. The van der Waals surface area contributed by atoms with E-state index < -0.39 is 12.1 Å². The molecule has 0 aromatic heterocycles. The van der Waals surface area contributed by atoms with Gasteiger partial charge in [0.1, 0.15) is 0 Å². The summed E-state index contributed by atoms with van der Waals surface area (Å²) in [5.41, 5.74) is 3.92. The van der Waals surface area contributed by atoms with E-state index >= 15 is 0 Å². The molecule has 2 rings (SSSR count). The summed E-state index contributed by atoms with van der Waals surface area (Å²) in [5.74, 6) is -0.452. The standard InChI is InChI=1S/C22H25NO3/c1-15(2)19-10-7-18(8-11-19)9-14-21(24)26-17(4)22(25)23-20-12-5-16(3)6-13-20/h5-15,17H,1-4H3,(H,23,25)/b14-9+/t17-/m0/s1. The molecule has 0 saturated heterocycles. The number of esters is 1. The third kappa shape index (κ3) is 5.88. The fraction of sp³-hybridized carbons (Fsp3) is 0.273. The highest BCUT2D eigenvalue weighted by Crippen LogP contribution is 2.15. The lowest BCUT2D eigenvalue weighted by atomic mass is 10.0. The highest BCUT2D eigenvalue weighted by molar-refractivity contribution is 5.96. The van der Waals surface area contributed by atoms with Gasteiger partial charge in [0.25, 0.3) is 5.91 Å². The van der Waals surface area contributed by atoms with E-state index in [1.807, 2.05) is 55.5 Å². The molecule has 1 atom stereocenters. The molecule has 136 valence electrons. The minimum atomic E-state index is -0.878. The zero-order valence-corrected chi connectivity index (χ0v) is 15.7. The molecule has 4 nitrogen and oxygen atoms in total. The lowest BCUT2D eigenvalue weighted by Gasteiger charge is -2.12. The van der Waals surface area contributed by atoms with Crippen LogP contribution in [0.5, 0.6) is 0 Å². The molecule has 0 fully saturated rings. The van der Waals surface area contributed by atoms with E-state index in [1.165, 1.54) is 11.6 Å². The molecule has 1 amide bonds. The number of aryl methyl sites for hydroxylation is 1. The monoisotopic (exact) mass is 351 g/mol. The molecule has 0 aliphatic carbocycles. The van der Waals surface area contributed by atoms with Crippen molar-refractivity contribution in [1.29, 1.82) is 0 Å². The Kier molecular flexibility index (Phi) is 6.73. The van der Waals surface area contributed by atoms with Crippen LogP contribution >= 0.6 is 0 Å². The van der Waals surface area contributed by atoms with Crippen molar-refractivity contribution < 1.29 is 14.3 Å². The van der Waals surface area contributed by atoms with Gasteiger partial charge in [-0.3, -0.25) is 4.79 Å². The van der Waals surface area contributed by atoms with Crippen molar-refractivity contribution in [2.75, 3.05) is 5.32 Å². The first-order valence-corrected chi connectivity index (χ1v) is 8.71. The Labute approximate surface area is 154 Å². The number of hydrogen-bond donors (Lipinski definition) is 1. The van der Waals surface area contributed by atoms with Crippen molar-refractivity contribution >= 4 is 23.6 Å². The molecular formula is C22H25NO3. The lowest BCUT2D eigenvalue weighted by molar-refractivity contribution is -0.148. The molecule has 0 unspecified atom stereocenters. The number of nitrogens with one attached hydrogen (secondary N) is 1. The first-order chi connectivity index (χ1) is 12.3. The summed E-state index contributed by atoms with van der Waals surface area (Å²) in [6.07, 6.45) is 2.13. The molecule has 26 heavy (non-hydrogen) atoms. The van der Waals surface area contributed by atoms with Gasteiger partial charge in [0.05, 0.1) is 0 Å². The predicted octanol–water partition coefficient (Wildman–Crippen LogP) is 4.70. The third-order valence-electron chi connectivity index (χ3n) is 4.00. The maximum atomic E-state index is 12.1. The molecule has 0 spiro atoms. The summed E-state index contributed by atoms with van der Waals surface area (Å²) in [5, 5.41) is 2.72. The van der Waals surface area contributed by atoms with Gasteiger partial charge in [0.2, 0.25) is 0 Å². The first-order valence-electron chi connectivity index (χ1n) is 8.71. The van der Waals surface area contributed by atoms with Crippen LogP contribution in [0.1, 0.15) is 43.4 Å². The highest BCUT2D eigenvalue weighted by Gasteiger charge is 2.16. The van der Waals surface area contributed by atoms with E-state index in [4.69, 9.17) is 4.74 Å². The Morgan fingerprint density at radius 1 is 0.962 bits per heavy atom. The molecule has 2 aromatic rings. The van der Waals surface area contributed by atoms with Gasteiger partial charge in [0.15, 0.2) is 6.10 Å². The number of rotatable bonds is 6. The number of anilines is 1. The quantitative estimate of drug-likeness (QED) is 0.606. The third-order valence-corrected chi connectivity index (χ3v) is 4.00. The van der Waals surface area contributed by atoms with Gasteiger partial charge in [0, 0.05) is 11.8 Å². The SMILES string of the molecule is Cc1ccc(NC(=O)[C@H](C)OC(=O)/C=C/c2ccc(C(C)C)cc2)cc1. The van der Waals surface area contributed by atoms with E-state index in [9.17, 15) is 9.59 Å². The molecule has 0 radical (unpaired) electrons. The molecule has 2 aromatic carbocycles. The van der Waals surface area contributed by atoms with Crippen LogP contribution in [-0.4, -0.2) is 18.0 Å². The van der Waals surface area contributed by atoms with Gasteiger partial charge in [-0.25, -0.2) is 4.79 Å². The van der Waals surface area contributed by atoms with Crippen LogP contribution in [0.4, 0.5) is 5.69 Å². The predicted molar refractivity (Wildman–Crippen MR) is 105 cm³/mol. The van der Waals surface area contributed by atoms with Crippen LogP contribution < -0.4 is 5.32 Å². The maximum absolute atomic E-state index is 12.1. The van der Waals surface area contributed by atoms with Crippen molar-refractivity contribution in [3.63, 3.8) is 0 Å². The summed E-state index contributed by atoms with van der Waals surface area (Å²) < 4.78 is 5.15. The summed E-state index contributed by atoms with van der Waals surface area (Å²) >= 11 is 0. The van der Waals surface area contributed by atoms with Crippen molar-refractivity contribution in [1.82, 2.24) is 0 Å². The van der Waals surface area contributed by atoms with Crippen LogP contribution in [0, 0.1) is 6.92 Å². The second kappa shape index (κ2) is 8.99. The van der Waals surface area contributed by atoms with Gasteiger partial charge in [-0.05, 0) is 49.1 Å². The summed E-state index contributed by atoms with van der Waals surface area (Å²) in [7, 11) is 0. The van der Waals surface area contributed by atoms with E-state index in [0.717, 1.165) is 11.1 Å². The van der Waals surface area contributed by atoms with E-state index in [2.05, 4.69) is 19.2 Å². The Balaban J connectivity index is 1.87. The number of amides is 1. The topological polar surface area (TPSA) is 55.4 Å². The van der Waals surface area contributed by atoms with Gasteiger partial charge in [-0.1, -0.05) is 55.8 Å². The van der Waals surface area contributed by atoms with Crippen molar-refractivity contribution in [2.45, 2.75) is 39.7 Å². The van der Waals surface area contributed by atoms with Gasteiger partial charge in [-0.15, -0.1) is 0 Å². The normalized spacial score (nSPS) is 12.2. The Bertz CT molecular complexity index is 774. The first kappa shape index (κ1) is 19.4. The second-order valence-corrected chi connectivity index (χ2v) is 6.59. The Hall–Kier alpha value is -2.88. The van der Waals surface area contributed by atoms with E-state index in [0.29, 0.717) is 11.6 Å². The van der Waals surface area contributed by atoms with Crippen LogP contribution in [0.25, 0.3) is 6.08 Å². The molecule has 0 saturated carbocycles. The largest absolute Gasteiger partial charge is 0.449 e. The summed E-state index contributed by atoms with van der Waals surface area (Å²) in [6, 6.07) is 15.4. The second-order valence-electron chi connectivity index (χ2n) is 6.59. The molecule has 1 N–H and O–H groups in total. The smallest absolute Gasteiger partial charge is 0.331 e. The molecule has 0 heterocycles. The fourth-order valence-corrected chi connectivity index (χ4v) is 2.30. The van der Waals surface area contributed by atoms with Gasteiger partial charge in [-0.2, -0.15) is 0 Å².